The molecule has 1 saturated heterocycles. The summed E-state index contributed by atoms with van der Waals surface area (Å²) in [6.45, 7) is 4.31. The Bertz CT molecular complexity index is 470. The Balaban J connectivity index is 1.90. The van der Waals surface area contributed by atoms with Gasteiger partial charge in [-0.05, 0) is 33.6 Å². The van der Waals surface area contributed by atoms with Gasteiger partial charge in [-0.2, -0.15) is 0 Å². The molecule has 104 valence electrons. The Morgan fingerprint density at radius 3 is 2.63 bits per heavy atom. The number of benzene rings is 1. The molecule has 2 N–H and O–H groups in total. The predicted octanol–water partition coefficient (Wildman–Crippen LogP) is 1.65. The minimum Gasteiger partial charge on any atom is -0.370 e. The highest BCUT2D eigenvalue weighted by Crippen LogP contribution is 2.17. The van der Waals surface area contributed by atoms with Crippen LogP contribution in [0.25, 0.3) is 0 Å². The summed E-state index contributed by atoms with van der Waals surface area (Å²) in [5.41, 5.74) is 6.78. The smallest absolute Gasteiger partial charge is 0.191 e. The molecule has 1 aliphatic rings. The van der Waals surface area contributed by atoms with E-state index in [1.165, 1.54) is 0 Å². The van der Waals surface area contributed by atoms with E-state index in [1.54, 1.807) is 19.2 Å². The molecule has 1 aromatic rings. The van der Waals surface area contributed by atoms with Gasteiger partial charge in [0, 0.05) is 39.8 Å². The number of piperazine rings is 1. The Hall–Kier alpha value is -1.14. The maximum absolute atomic E-state index is 13.4. The zero-order chi connectivity index (χ0) is 13.8. The van der Waals surface area contributed by atoms with Gasteiger partial charge in [0.25, 0.3) is 0 Å². The lowest BCUT2D eigenvalue weighted by Crippen LogP contribution is -2.50. The fourth-order valence-corrected chi connectivity index (χ4v) is 2.42. The van der Waals surface area contributed by atoms with Gasteiger partial charge in [-0.3, -0.25) is 9.89 Å². The molecule has 1 fully saturated rings. The fourth-order valence-electron chi connectivity index (χ4n) is 2.17. The van der Waals surface area contributed by atoms with Crippen molar-refractivity contribution in [2.45, 2.75) is 6.54 Å². The van der Waals surface area contributed by atoms with Crippen molar-refractivity contribution in [2.75, 3.05) is 33.2 Å². The van der Waals surface area contributed by atoms with E-state index in [2.05, 4.69) is 30.7 Å². The monoisotopic (exact) mass is 328 g/mol. The van der Waals surface area contributed by atoms with Gasteiger partial charge in [-0.15, -0.1) is 0 Å². The molecule has 0 saturated carbocycles. The molecule has 4 nitrogen and oxygen atoms in total. The second-order valence-electron chi connectivity index (χ2n) is 4.59. The fraction of sp³-hybridized carbons (Fsp3) is 0.462. The molecule has 19 heavy (non-hydrogen) atoms. The quantitative estimate of drug-likeness (QED) is 0.663. The van der Waals surface area contributed by atoms with Crippen LogP contribution in [-0.4, -0.2) is 49.0 Å². The van der Waals surface area contributed by atoms with Crippen LogP contribution in [0.5, 0.6) is 0 Å². The van der Waals surface area contributed by atoms with Gasteiger partial charge in [0.15, 0.2) is 5.96 Å². The van der Waals surface area contributed by atoms with Gasteiger partial charge in [0.2, 0.25) is 0 Å². The maximum Gasteiger partial charge on any atom is 0.191 e. The normalized spacial score (nSPS) is 17.8. The Morgan fingerprint density at radius 2 is 2.05 bits per heavy atom. The molecule has 0 unspecified atom stereocenters. The SMILES string of the molecule is CN=C(N)N1CCN(Cc2ccc(Br)c(F)c2)CC1. The van der Waals surface area contributed by atoms with Crippen LogP contribution in [0.2, 0.25) is 0 Å². The number of guanidine groups is 1. The van der Waals surface area contributed by atoms with E-state index in [9.17, 15) is 4.39 Å². The molecule has 0 aromatic heterocycles. The summed E-state index contributed by atoms with van der Waals surface area (Å²) < 4.78 is 13.9. The summed E-state index contributed by atoms with van der Waals surface area (Å²) in [6.07, 6.45) is 0. The van der Waals surface area contributed by atoms with E-state index >= 15 is 0 Å². The lowest BCUT2D eigenvalue weighted by molar-refractivity contribution is 0.174. The summed E-state index contributed by atoms with van der Waals surface area (Å²) in [7, 11) is 1.70. The molecule has 2 rings (SSSR count). The van der Waals surface area contributed by atoms with Gasteiger partial charge in [-0.1, -0.05) is 6.07 Å². The van der Waals surface area contributed by atoms with Gasteiger partial charge >= 0.3 is 0 Å². The summed E-state index contributed by atoms with van der Waals surface area (Å²) in [4.78, 5) is 8.35. The molecule has 1 heterocycles. The molecule has 0 bridgehead atoms. The van der Waals surface area contributed by atoms with Crippen LogP contribution >= 0.6 is 15.9 Å². The van der Waals surface area contributed by atoms with Crippen molar-refractivity contribution in [3.8, 4) is 0 Å². The van der Waals surface area contributed by atoms with Crippen LogP contribution in [0.1, 0.15) is 5.56 Å². The van der Waals surface area contributed by atoms with Crippen LogP contribution in [0.3, 0.4) is 0 Å². The lowest BCUT2D eigenvalue weighted by Gasteiger charge is -2.35. The number of halogens is 2. The van der Waals surface area contributed by atoms with Gasteiger partial charge in [0.05, 0.1) is 4.47 Å². The van der Waals surface area contributed by atoms with Gasteiger partial charge in [0.1, 0.15) is 5.82 Å². The van der Waals surface area contributed by atoms with Crippen molar-refractivity contribution < 1.29 is 4.39 Å². The van der Waals surface area contributed by atoms with E-state index in [0.29, 0.717) is 10.4 Å². The minimum atomic E-state index is -0.210. The molecule has 0 spiro atoms. The number of rotatable bonds is 2. The molecule has 0 amide bonds. The first-order valence-corrected chi connectivity index (χ1v) is 7.03. The molecule has 1 aliphatic heterocycles. The third-order valence-corrected chi connectivity index (χ3v) is 3.96. The molecule has 6 heteroatoms. The predicted molar refractivity (Wildman–Crippen MR) is 78.5 cm³/mol. The van der Waals surface area contributed by atoms with E-state index in [1.807, 2.05) is 6.07 Å². The largest absolute Gasteiger partial charge is 0.370 e. The van der Waals surface area contributed by atoms with Crippen LogP contribution in [0, 0.1) is 5.82 Å². The average Bonchev–Trinajstić information content (AvgIpc) is 2.43. The third-order valence-electron chi connectivity index (χ3n) is 3.32. The lowest BCUT2D eigenvalue weighted by atomic mass is 10.2. The number of nitrogens with zero attached hydrogens (tertiary/aromatic N) is 3. The molecule has 0 aliphatic carbocycles. The van der Waals surface area contributed by atoms with Gasteiger partial charge < -0.3 is 10.6 Å². The molecular weight excluding hydrogens is 311 g/mol. The Morgan fingerprint density at radius 1 is 1.37 bits per heavy atom. The second kappa shape index (κ2) is 6.34. The third kappa shape index (κ3) is 3.67. The standard InChI is InChI=1S/C13H18BrFN4/c1-17-13(16)19-6-4-18(5-7-19)9-10-2-3-11(14)12(15)8-10/h2-3,8H,4-7,9H2,1H3,(H2,16,17). The zero-order valence-corrected chi connectivity index (χ0v) is 12.5. The highest BCUT2D eigenvalue weighted by atomic mass is 79.9. The van der Waals surface area contributed by atoms with Crippen LogP contribution in [0.15, 0.2) is 27.7 Å². The van der Waals surface area contributed by atoms with E-state index in [-0.39, 0.29) is 5.82 Å². The van der Waals surface area contributed by atoms with Crippen molar-refractivity contribution in [3.63, 3.8) is 0 Å². The summed E-state index contributed by atoms with van der Waals surface area (Å²) >= 11 is 3.16. The number of hydrogen-bond donors (Lipinski definition) is 1. The van der Waals surface area contributed by atoms with Crippen molar-refractivity contribution >= 4 is 21.9 Å². The first kappa shape index (κ1) is 14.3. The van der Waals surface area contributed by atoms with Crippen molar-refractivity contribution in [3.05, 3.63) is 34.1 Å². The molecule has 1 aromatic carbocycles. The van der Waals surface area contributed by atoms with E-state index in [4.69, 9.17) is 5.73 Å². The number of aliphatic imine (C=N–C) groups is 1. The highest BCUT2D eigenvalue weighted by Gasteiger charge is 2.18. The molecule has 0 atom stereocenters. The van der Waals surface area contributed by atoms with Crippen LogP contribution in [-0.2, 0) is 6.54 Å². The molecule has 0 radical (unpaired) electrons. The van der Waals surface area contributed by atoms with E-state index in [0.717, 1.165) is 38.3 Å². The average molecular weight is 329 g/mol. The number of nitrogens with two attached hydrogens (primary N) is 1. The van der Waals surface area contributed by atoms with Crippen molar-refractivity contribution in [2.24, 2.45) is 10.7 Å². The Labute approximate surface area is 121 Å². The first-order chi connectivity index (χ1) is 9.10. The first-order valence-electron chi connectivity index (χ1n) is 6.23. The van der Waals surface area contributed by atoms with Crippen molar-refractivity contribution in [1.29, 1.82) is 0 Å². The second-order valence-corrected chi connectivity index (χ2v) is 5.45. The summed E-state index contributed by atoms with van der Waals surface area (Å²) in [5, 5.41) is 0. The summed E-state index contributed by atoms with van der Waals surface area (Å²) in [6, 6.07) is 5.28. The van der Waals surface area contributed by atoms with Crippen LogP contribution < -0.4 is 5.73 Å². The Kier molecular flexibility index (Phi) is 4.76. The minimum absolute atomic E-state index is 0.210. The van der Waals surface area contributed by atoms with Gasteiger partial charge in [-0.25, -0.2) is 4.39 Å². The molecular formula is C13H18BrFN4. The highest BCUT2D eigenvalue weighted by molar-refractivity contribution is 9.10. The summed E-state index contributed by atoms with van der Waals surface area (Å²) in [5.74, 6) is 0.382. The number of hydrogen-bond acceptors (Lipinski definition) is 2. The maximum atomic E-state index is 13.4. The van der Waals surface area contributed by atoms with E-state index < -0.39 is 0 Å². The van der Waals surface area contributed by atoms with Crippen LogP contribution in [0.4, 0.5) is 4.39 Å². The zero-order valence-electron chi connectivity index (χ0n) is 10.9. The topological polar surface area (TPSA) is 44.9 Å². The van der Waals surface area contributed by atoms with Crippen molar-refractivity contribution in [1.82, 2.24) is 9.80 Å².